The third-order valence-electron chi connectivity index (χ3n) is 2.85. The molecule has 2 unspecified atom stereocenters. The van der Waals surface area contributed by atoms with Crippen LogP contribution in [0, 0.1) is 17.6 Å². The molecule has 0 bridgehead atoms. The SMILES string of the molecule is CC(C)C(C)OCC(N)c1ccc(F)c(F)c1. The molecule has 1 aromatic rings. The van der Waals surface area contributed by atoms with Gasteiger partial charge < -0.3 is 10.5 Å². The first kappa shape index (κ1) is 14.1. The maximum Gasteiger partial charge on any atom is 0.159 e. The Balaban J connectivity index is 2.58. The van der Waals surface area contributed by atoms with E-state index < -0.39 is 17.7 Å². The van der Waals surface area contributed by atoms with Gasteiger partial charge in [0.1, 0.15) is 0 Å². The van der Waals surface area contributed by atoms with Gasteiger partial charge in [-0.25, -0.2) is 8.78 Å². The fourth-order valence-corrected chi connectivity index (χ4v) is 1.29. The summed E-state index contributed by atoms with van der Waals surface area (Å²) in [5, 5.41) is 0. The molecule has 0 amide bonds. The van der Waals surface area contributed by atoms with Crippen LogP contribution in [0.25, 0.3) is 0 Å². The Labute approximate surface area is 101 Å². The van der Waals surface area contributed by atoms with Gasteiger partial charge in [0.15, 0.2) is 11.6 Å². The number of ether oxygens (including phenoxy) is 1. The number of benzene rings is 1. The van der Waals surface area contributed by atoms with Crippen LogP contribution in [-0.2, 0) is 4.74 Å². The zero-order chi connectivity index (χ0) is 13.0. The van der Waals surface area contributed by atoms with Crippen LogP contribution in [0.1, 0.15) is 32.4 Å². The number of hydrogen-bond donors (Lipinski definition) is 1. The van der Waals surface area contributed by atoms with E-state index >= 15 is 0 Å². The van der Waals surface area contributed by atoms with Crippen molar-refractivity contribution in [2.45, 2.75) is 32.9 Å². The highest BCUT2D eigenvalue weighted by Gasteiger charge is 2.13. The lowest BCUT2D eigenvalue weighted by atomic mass is 10.1. The Morgan fingerprint density at radius 3 is 2.35 bits per heavy atom. The highest BCUT2D eigenvalue weighted by atomic mass is 19.2. The molecule has 0 saturated heterocycles. The number of hydrogen-bond acceptors (Lipinski definition) is 2. The molecule has 2 nitrogen and oxygen atoms in total. The molecule has 4 heteroatoms. The molecule has 0 saturated carbocycles. The van der Waals surface area contributed by atoms with E-state index in [1.807, 2.05) is 20.8 Å². The maximum absolute atomic E-state index is 13.0. The van der Waals surface area contributed by atoms with Crippen molar-refractivity contribution >= 4 is 0 Å². The van der Waals surface area contributed by atoms with Gasteiger partial charge in [-0.1, -0.05) is 19.9 Å². The lowest BCUT2D eigenvalue weighted by molar-refractivity contribution is 0.0271. The van der Waals surface area contributed by atoms with Crippen LogP contribution in [-0.4, -0.2) is 12.7 Å². The van der Waals surface area contributed by atoms with Crippen LogP contribution in [0.5, 0.6) is 0 Å². The molecule has 17 heavy (non-hydrogen) atoms. The summed E-state index contributed by atoms with van der Waals surface area (Å²) in [6.45, 7) is 6.36. The van der Waals surface area contributed by atoms with Gasteiger partial charge in [-0.15, -0.1) is 0 Å². The van der Waals surface area contributed by atoms with Crippen molar-refractivity contribution in [2.75, 3.05) is 6.61 Å². The van der Waals surface area contributed by atoms with Gasteiger partial charge in [0.2, 0.25) is 0 Å². The molecule has 0 aliphatic carbocycles. The lowest BCUT2D eigenvalue weighted by Crippen LogP contribution is -2.23. The molecule has 0 aromatic heterocycles. The van der Waals surface area contributed by atoms with E-state index in [0.717, 1.165) is 12.1 Å². The monoisotopic (exact) mass is 243 g/mol. The van der Waals surface area contributed by atoms with Gasteiger partial charge >= 0.3 is 0 Å². The Kier molecular flexibility index (Phi) is 5.02. The first-order valence-corrected chi connectivity index (χ1v) is 5.74. The molecule has 2 atom stereocenters. The fraction of sp³-hybridized carbons (Fsp3) is 0.538. The summed E-state index contributed by atoms with van der Waals surface area (Å²) in [6, 6.07) is 3.23. The normalized spacial score (nSPS) is 15.0. The van der Waals surface area contributed by atoms with Gasteiger partial charge in [0.05, 0.1) is 18.8 Å². The molecule has 0 fully saturated rings. The number of rotatable bonds is 5. The molecule has 1 rings (SSSR count). The van der Waals surface area contributed by atoms with Crippen LogP contribution in [0.15, 0.2) is 18.2 Å². The standard InChI is InChI=1S/C13H19F2NO/c1-8(2)9(3)17-7-13(16)10-4-5-11(14)12(15)6-10/h4-6,8-9,13H,7,16H2,1-3H3. The van der Waals surface area contributed by atoms with Crippen molar-refractivity contribution in [3.8, 4) is 0 Å². The first-order chi connectivity index (χ1) is 7.91. The zero-order valence-corrected chi connectivity index (χ0v) is 10.4. The van der Waals surface area contributed by atoms with Gasteiger partial charge in [-0.05, 0) is 30.5 Å². The molecule has 0 radical (unpaired) electrons. The van der Waals surface area contributed by atoms with Crippen LogP contribution < -0.4 is 5.73 Å². The van der Waals surface area contributed by atoms with Crippen molar-refractivity contribution in [3.63, 3.8) is 0 Å². The van der Waals surface area contributed by atoms with Crippen LogP contribution in [0.3, 0.4) is 0 Å². The van der Waals surface area contributed by atoms with E-state index in [0.29, 0.717) is 18.1 Å². The molecule has 96 valence electrons. The summed E-state index contributed by atoms with van der Waals surface area (Å²) in [5.74, 6) is -1.35. The minimum Gasteiger partial charge on any atom is -0.376 e. The fourth-order valence-electron chi connectivity index (χ4n) is 1.29. The van der Waals surface area contributed by atoms with E-state index in [-0.39, 0.29) is 6.10 Å². The molecule has 1 aromatic carbocycles. The van der Waals surface area contributed by atoms with Crippen molar-refractivity contribution < 1.29 is 13.5 Å². The Morgan fingerprint density at radius 1 is 1.18 bits per heavy atom. The second-order valence-corrected chi connectivity index (χ2v) is 4.56. The van der Waals surface area contributed by atoms with Gasteiger partial charge in [0.25, 0.3) is 0 Å². The number of halogens is 2. The quantitative estimate of drug-likeness (QED) is 0.862. The Hall–Kier alpha value is -1.00. The summed E-state index contributed by atoms with van der Waals surface area (Å²) in [7, 11) is 0. The van der Waals surface area contributed by atoms with Crippen LogP contribution in [0.4, 0.5) is 8.78 Å². The first-order valence-electron chi connectivity index (χ1n) is 5.74. The second kappa shape index (κ2) is 6.07. The van der Waals surface area contributed by atoms with E-state index in [1.54, 1.807) is 0 Å². The summed E-state index contributed by atoms with van der Waals surface area (Å²) in [6.07, 6.45) is 0.0892. The molecule has 0 heterocycles. The smallest absolute Gasteiger partial charge is 0.159 e. The molecular weight excluding hydrogens is 224 g/mol. The molecule has 0 aliphatic heterocycles. The maximum atomic E-state index is 13.0. The third kappa shape index (κ3) is 4.06. The summed E-state index contributed by atoms with van der Waals surface area (Å²) in [4.78, 5) is 0. The van der Waals surface area contributed by atoms with Crippen molar-refractivity contribution in [3.05, 3.63) is 35.4 Å². The molecular formula is C13H19F2NO. The highest BCUT2D eigenvalue weighted by Crippen LogP contribution is 2.16. The van der Waals surface area contributed by atoms with Crippen molar-refractivity contribution in [1.82, 2.24) is 0 Å². The molecule has 0 aliphatic rings. The predicted molar refractivity (Wildman–Crippen MR) is 63.5 cm³/mol. The third-order valence-corrected chi connectivity index (χ3v) is 2.85. The van der Waals surface area contributed by atoms with Crippen LogP contribution in [0.2, 0.25) is 0 Å². The van der Waals surface area contributed by atoms with E-state index in [2.05, 4.69) is 0 Å². The Bertz CT molecular complexity index is 368. The van der Waals surface area contributed by atoms with Gasteiger partial charge in [0, 0.05) is 0 Å². The molecule has 2 N–H and O–H groups in total. The topological polar surface area (TPSA) is 35.2 Å². The van der Waals surface area contributed by atoms with Gasteiger partial charge in [-0.2, -0.15) is 0 Å². The summed E-state index contributed by atoms with van der Waals surface area (Å²) >= 11 is 0. The minimum absolute atomic E-state index is 0.0892. The van der Waals surface area contributed by atoms with Crippen molar-refractivity contribution in [2.24, 2.45) is 11.7 Å². The van der Waals surface area contributed by atoms with Crippen molar-refractivity contribution in [1.29, 1.82) is 0 Å². The lowest BCUT2D eigenvalue weighted by Gasteiger charge is -2.20. The van der Waals surface area contributed by atoms with Gasteiger partial charge in [-0.3, -0.25) is 0 Å². The second-order valence-electron chi connectivity index (χ2n) is 4.56. The van der Waals surface area contributed by atoms with E-state index in [9.17, 15) is 8.78 Å². The largest absolute Gasteiger partial charge is 0.376 e. The predicted octanol–water partition coefficient (Wildman–Crippen LogP) is 3.03. The minimum atomic E-state index is -0.880. The summed E-state index contributed by atoms with van der Waals surface area (Å²) in [5.41, 5.74) is 6.39. The summed E-state index contributed by atoms with van der Waals surface area (Å²) < 4.78 is 31.3. The molecule has 0 spiro atoms. The highest BCUT2D eigenvalue weighted by molar-refractivity contribution is 5.20. The average Bonchev–Trinajstić information content (AvgIpc) is 2.28. The van der Waals surface area contributed by atoms with Crippen LogP contribution >= 0.6 is 0 Å². The van der Waals surface area contributed by atoms with E-state index in [1.165, 1.54) is 6.07 Å². The average molecular weight is 243 g/mol. The zero-order valence-electron chi connectivity index (χ0n) is 10.4. The van der Waals surface area contributed by atoms with E-state index in [4.69, 9.17) is 10.5 Å². The Morgan fingerprint density at radius 2 is 1.82 bits per heavy atom. The number of nitrogens with two attached hydrogens (primary N) is 1.